The summed E-state index contributed by atoms with van der Waals surface area (Å²) < 4.78 is 16.6. The molecule has 0 unspecified atom stereocenters. The first-order valence-electron chi connectivity index (χ1n) is 6.88. The zero-order valence-corrected chi connectivity index (χ0v) is 13.9. The average molecular weight is 355 g/mol. The summed E-state index contributed by atoms with van der Waals surface area (Å²) in [5.41, 5.74) is 0.625. The lowest BCUT2D eigenvalue weighted by molar-refractivity contribution is 0.107. The summed E-state index contributed by atoms with van der Waals surface area (Å²) in [5.74, 6) is 1.29. The Balaban J connectivity index is 1.54. The Morgan fingerprint density at radius 1 is 1.35 bits per heavy atom. The Kier molecular flexibility index (Phi) is 4.90. The molecule has 1 aliphatic rings. The molecule has 0 radical (unpaired) electrons. The summed E-state index contributed by atoms with van der Waals surface area (Å²) in [5, 5.41) is 5.52. The Morgan fingerprint density at radius 3 is 2.91 bits per heavy atom. The van der Waals surface area contributed by atoms with E-state index in [1.807, 2.05) is 6.07 Å². The second-order valence-corrected chi connectivity index (χ2v) is 6.52. The van der Waals surface area contributed by atoms with Crippen LogP contribution in [0, 0.1) is 0 Å². The van der Waals surface area contributed by atoms with Crippen LogP contribution in [0.3, 0.4) is 0 Å². The SMILES string of the molecule is CO[C@@H](CNC(=O)Nc1ccc2c(c1)OCO2)c1ccc(Cl)s1. The van der Waals surface area contributed by atoms with Gasteiger partial charge in [0.05, 0.1) is 10.9 Å². The molecule has 0 saturated heterocycles. The summed E-state index contributed by atoms with van der Waals surface area (Å²) in [6, 6.07) is 8.59. The number of rotatable bonds is 5. The van der Waals surface area contributed by atoms with Crippen molar-refractivity contribution in [1.82, 2.24) is 5.32 Å². The molecule has 122 valence electrons. The van der Waals surface area contributed by atoms with E-state index >= 15 is 0 Å². The highest BCUT2D eigenvalue weighted by Gasteiger charge is 2.16. The standard InChI is InChI=1S/C15H15ClN2O4S/c1-20-12(13-4-5-14(16)23-13)7-17-15(19)18-9-2-3-10-11(6-9)22-8-21-10/h2-6,12H,7-8H2,1H3,(H2,17,18,19)/t12-/m0/s1. The normalized spacial score (nSPS) is 13.7. The van der Waals surface area contributed by atoms with Crippen LogP contribution in [-0.2, 0) is 4.74 Å². The number of fused-ring (bicyclic) bond motifs is 1. The number of nitrogens with one attached hydrogen (secondary N) is 2. The van der Waals surface area contributed by atoms with Gasteiger partial charge in [-0.15, -0.1) is 11.3 Å². The Morgan fingerprint density at radius 2 is 2.17 bits per heavy atom. The molecule has 0 saturated carbocycles. The Labute approximate surface area is 142 Å². The fourth-order valence-electron chi connectivity index (χ4n) is 2.14. The van der Waals surface area contributed by atoms with E-state index in [1.54, 1.807) is 31.4 Å². The van der Waals surface area contributed by atoms with Gasteiger partial charge in [-0.2, -0.15) is 0 Å². The Hall–Kier alpha value is -1.96. The number of halogens is 1. The van der Waals surface area contributed by atoms with Gasteiger partial charge in [0.2, 0.25) is 6.79 Å². The van der Waals surface area contributed by atoms with E-state index in [0.29, 0.717) is 28.1 Å². The molecular formula is C15H15ClN2O4S. The van der Waals surface area contributed by atoms with Crippen LogP contribution in [0.15, 0.2) is 30.3 Å². The molecule has 1 aromatic carbocycles. The van der Waals surface area contributed by atoms with Gasteiger partial charge in [0.1, 0.15) is 6.10 Å². The molecule has 8 heteroatoms. The third kappa shape index (κ3) is 3.87. The minimum absolute atomic E-state index is 0.198. The highest BCUT2D eigenvalue weighted by Crippen LogP contribution is 2.34. The molecule has 1 atom stereocenters. The number of methoxy groups -OCH3 is 1. The molecule has 6 nitrogen and oxygen atoms in total. The second-order valence-electron chi connectivity index (χ2n) is 4.77. The number of ether oxygens (including phenoxy) is 3. The van der Waals surface area contributed by atoms with E-state index in [9.17, 15) is 4.79 Å². The number of hydrogen-bond donors (Lipinski definition) is 2. The third-order valence-electron chi connectivity index (χ3n) is 3.27. The van der Waals surface area contributed by atoms with Crippen LogP contribution in [0.4, 0.5) is 10.5 Å². The highest BCUT2D eigenvalue weighted by molar-refractivity contribution is 7.16. The number of anilines is 1. The molecule has 23 heavy (non-hydrogen) atoms. The fourth-order valence-corrected chi connectivity index (χ4v) is 3.27. The number of urea groups is 1. The van der Waals surface area contributed by atoms with Crippen LogP contribution in [0.5, 0.6) is 11.5 Å². The van der Waals surface area contributed by atoms with Gasteiger partial charge in [-0.05, 0) is 24.3 Å². The molecule has 2 amide bonds. The first-order valence-corrected chi connectivity index (χ1v) is 8.07. The zero-order chi connectivity index (χ0) is 16.2. The van der Waals surface area contributed by atoms with Gasteiger partial charge in [0.15, 0.2) is 11.5 Å². The van der Waals surface area contributed by atoms with E-state index < -0.39 is 0 Å². The van der Waals surface area contributed by atoms with Crippen LogP contribution < -0.4 is 20.1 Å². The van der Waals surface area contributed by atoms with Gasteiger partial charge in [-0.3, -0.25) is 0 Å². The summed E-state index contributed by atoms with van der Waals surface area (Å²) in [6.07, 6.45) is -0.241. The van der Waals surface area contributed by atoms with Gasteiger partial charge in [-0.1, -0.05) is 11.6 Å². The number of thiophene rings is 1. The minimum atomic E-state index is -0.325. The van der Waals surface area contributed by atoms with Crippen molar-refractivity contribution in [2.45, 2.75) is 6.10 Å². The maximum atomic E-state index is 12.0. The lowest BCUT2D eigenvalue weighted by atomic mass is 10.3. The van der Waals surface area contributed by atoms with Crippen molar-refractivity contribution in [2.75, 3.05) is 25.8 Å². The van der Waals surface area contributed by atoms with E-state index in [2.05, 4.69) is 10.6 Å². The van der Waals surface area contributed by atoms with E-state index in [-0.39, 0.29) is 18.9 Å². The third-order valence-corrected chi connectivity index (χ3v) is 4.60. The first kappa shape index (κ1) is 15.9. The van der Waals surface area contributed by atoms with Crippen molar-refractivity contribution in [3.05, 3.63) is 39.5 Å². The van der Waals surface area contributed by atoms with Gasteiger partial charge >= 0.3 is 6.03 Å². The first-order chi connectivity index (χ1) is 11.2. The van der Waals surface area contributed by atoms with Crippen molar-refractivity contribution in [3.8, 4) is 11.5 Å². The van der Waals surface area contributed by atoms with E-state index in [4.69, 9.17) is 25.8 Å². The second kappa shape index (κ2) is 7.08. The molecule has 1 aromatic heterocycles. The fraction of sp³-hybridized carbons (Fsp3) is 0.267. The van der Waals surface area contributed by atoms with Crippen molar-refractivity contribution in [1.29, 1.82) is 0 Å². The molecule has 2 N–H and O–H groups in total. The quantitative estimate of drug-likeness (QED) is 0.860. The zero-order valence-electron chi connectivity index (χ0n) is 12.3. The van der Waals surface area contributed by atoms with Gasteiger partial charge in [0.25, 0.3) is 0 Å². The number of carbonyl (C=O) groups excluding carboxylic acids is 1. The number of hydrogen-bond acceptors (Lipinski definition) is 5. The molecule has 2 aromatic rings. The summed E-state index contributed by atoms with van der Waals surface area (Å²) in [4.78, 5) is 13.0. The van der Waals surface area contributed by atoms with Crippen molar-refractivity contribution < 1.29 is 19.0 Å². The molecule has 0 bridgehead atoms. The molecule has 0 fully saturated rings. The molecular weight excluding hydrogens is 340 g/mol. The van der Waals surface area contributed by atoms with Crippen molar-refractivity contribution in [3.63, 3.8) is 0 Å². The van der Waals surface area contributed by atoms with Crippen LogP contribution >= 0.6 is 22.9 Å². The Bertz CT molecular complexity index is 707. The van der Waals surface area contributed by atoms with Gasteiger partial charge in [0, 0.05) is 23.7 Å². The largest absolute Gasteiger partial charge is 0.454 e. The van der Waals surface area contributed by atoms with Crippen molar-refractivity contribution in [2.24, 2.45) is 0 Å². The van der Waals surface area contributed by atoms with Crippen molar-refractivity contribution >= 4 is 34.7 Å². The summed E-state index contributed by atoms with van der Waals surface area (Å²) in [6.45, 7) is 0.535. The number of carbonyl (C=O) groups is 1. The maximum Gasteiger partial charge on any atom is 0.319 e. The number of benzene rings is 1. The van der Waals surface area contributed by atoms with Crippen LogP contribution in [0.25, 0.3) is 0 Å². The molecule has 2 heterocycles. The monoisotopic (exact) mass is 354 g/mol. The van der Waals surface area contributed by atoms with Gasteiger partial charge < -0.3 is 24.8 Å². The molecule has 0 spiro atoms. The smallest absolute Gasteiger partial charge is 0.319 e. The predicted molar refractivity (Wildman–Crippen MR) is 88.7 cm³/mol. The van der Waals surface area contributed by atoms with Crippen LogP contribution in [0.2, 0.25) is 4.34 Å². The molecule has 0 aliphatic carbocycles. The predicted octanol–water partition coefficient (Wildman–Crippen LogP) is 3.64. The lowest BCUT2D eigenvalue weighted by Crippen LogP contribution is -2.32. The lowest BCUT2D eigenvalue weighted by Gasteiger charge is -2.15. The average Bonchev–Trinajstić information content (AvgIpc) is 3.16. The van der Waals surface area contributed by atoms with Gasteiger partial charge in [-0.25, -0.2) is 4.79 Å². The number of amides is 2. The molecule has 1 aliphatic heterocycles. The van der Waals surface area contributed by atoms with E-state index in [0.717, 1.165) is 4.88 Å². The van der Waals surface area contributed by atoms with E-state index in [1.165, 1.54) is 11.3 Å². The van der Waals surface area contributed by atoms with Crippen LogP contribution in [0.1, 0.15) is 11.0 Å². The summed E-state index contributed by atoms with van der Waals surface area (Å²) >= 11 is 7.35. The van der Waals surface area contributed by atoms with Crippen LogP contribution in [-0.4, -0.2) is 26.5 Å². The highest BCUT2D eigenvalue weighted by atomic mass is 35.5. The molecule has 3 rings (SSSR count). The topological polar surface area (TPSA) is 68.8 Å². The maximum absolute atomic E-state index is 12.0. The minimum Gasteiger partial charge on any atom is -0.454 e. The summed E-state index contributed by atoms with van der Waals surface area (Å²) in [7, 11) is 1.59.